The first-order chi connectivity index (χ1) is 48.6. The summed E-state index contributed by atoms with van der Waals surface area (Å²) in [5, 5.41) is 18.1. The Morgan fingerprint density at radius 2 is 0.630 bits per heavy atom. The molecule has 0 saturated heterocycles. The lowest BCUT2D eigenvalue weighted by atomic mass is 9.79. The maximum Gasteiger partial charge on any atom is 0.293 e. The monoisotopic (exact) mass is 1300 g/mol. The molecule has 4 aliphatic carbocycles. The second-order valence-electron chi connectivity index (χ2n) is 30.6. The predicted octanol–water partition coefficient (Wildman–Crippen LogP) is 19.7. The van der Waals surface area contributed by atoms with E-state index in [9.17, 15) is 0 Å². The van der Waals surface area contributed by atoms with Crippen LogP contribution in [0.15, 0.2) is 243 Å². The van der Waals surface area contributed by atoms with E-state index in [4.69, 9.17) is 18.9 Å². The summed E-state index contributed by atoms with van der Waals surface area (Å²) >= 11 is 0. The number of hydrogen-bond acceptors (Lipinski definition) is 4. The minimum Gasteiger partial charge on any atom is -0.435 e. The number of hydrogen-bond donors (Lipinski definition) is 0. The van der Waals surface area contributed by atoms with Gasteiger partial charge in [-0.15, -0.1) is 0 Å². The van der Waals surface area contributed by atoms with Crippen LogP contribution in [0.1, 0.15) is 99.9 Å². The van der Waals surface area contributed by atoms with E-state index in [1.54, 1.807) is 0 Å². The van der Waals surface area contributed by atoms with Crippen molar-refractivity contribution < 1.29 is 37.2 Å². The smallest absolute Gasteiger partial charge is 0.293 e. The van der Waals surface area contributed by atoms with Crippen molar-refractivity contribution in [2.75, 3.05) is 0 Å². The molecule has 0 unspecified atom stereocenters. The number of pyridine rings is 4. The second kappa shape index (κ2) is 20.1. The average Bonchev–Trinajstić information content (AvgIpc) is 1.55. The van der Waals surface area contributed by atoms with E-state index in [-0.39, 0.29) is 21.7 Å². The van der Waals surface area contributed by atoms with E-state index in [0.29, 0.717) is 26.9 Å². The highest BCUT2D eigenvalue weighted by molar-refractivity contribution is 6.06. The molecule has 4 aliphatic heterocycles. The van der Waals surface area contributed by atoms with Gasteiger partial charge in [0.2, 0.25) is 33.8 Å². The number of fused-ring (bicyclic) bond motifs is 15. The van der Waals surface area contributed by atoms with Crippen LogP contribution in [0.4, 0.5) is 0 Å². The molecule has 0 atom stereocenters. The third kappa shape index (κ3) is 7.65. The normalized spacial score (nSPS) is 16.1. The Labute approximate surface area is 579 Å². The molecule has 0 radical (unpaired) electrons. The van der Waals surface area contributed by atoms with Gasteiger partial charge in [0.25, 0.3) is 26.9 Å². The molecule has 8 heteroatoms. The van der Waals surface area contributed by atoms with Gasteiger partial charge in [-0.05, 0) is 142 Å². The minimum atomic E-state index is -0.0738. The molecule has 480 valence electrons. The maximum atomic E-state index is 6.35. The van der Waals surface area contributed by atoms with Gasteiger partial charge in [-0.3, -0.25) is 0 Å². The first-order valence-electron chi connectivity index (χ1n) is 35.2. The number of para-hydroxylation sites is 1. The zero-order valence-corrected chi connectivity index (χ0v) is 57.3. The van der Waals surface area contributed by atoms with E-state index in [1.165, 1.54) is 176 Å². The first kappa shape index (κ1) is 57.6. The van der Waals surface area contributed by atoms with Gasteiger partial charge in [0.1, 0.15) is 23.0 Å². The molecule has 12 aromatic carbocycles. The molecule has 24 rings (SSSR count). The van der Waals surface area contributed by atoms with Gasteiger partial charge in [-0.25, -0.2) is 0 Å². The Morgan fingerprint density at radius 3 is 1.15 bits per heavy atom. The number of nitrogens with zero attached hydrogens (tertiary/aromatic N) is 4. The zero-order chi connectivity index (χ0) is 67.0. The van der Waals surface area contributed by atoms with Crippen LogP contribution in [0.3, 0.4) is 0 Å². The largest absolute Gasteiger partial charge is 0.435 e. The summed E-state index contributed by atoms with van der Waals surface area (Å²) in [6.07, 6.45) is 4.35. The predicted molar refractivity (Wildman–Crippen MR) is 399 cm³/mol. The highest BCUT2D eigenvalue weighted by atomic mass is 16.5. The van der Waals surface area contributed by atoms with Crippen molar-refractivity contribution >= 4 is 86.4 Å². The van der Waals surface area contributed by atoms with Gasteiger partial charge in [-0.2, -0.15) is 18.3 Å². The Balaban J connectivity index is 0.0000000878. The highest BCUT2D eigenvalue weighted by Gasteiger charge is 2.52. The lowest BCUT2D eigenvalue weighted by molar-refractivity contribution is -0.717. The summed E-state index contributed by atoms with van der Waals surface area (Å²) in [5.74, 6) is 4.10. The quantitative estimate of drug-likeness (QED) is 0.112. The first-order valence-corrected chi connectivity index (χ1v) is 35.2. The molecular weight excluding hydrogens is 1230 g/mol. The van der Waals surface area contributed by atoms with Crippen LogP contribution in [0.25, 0.3) is 131 Å². The molecule has 8 heterocycles. The molecule has 8 nitrogen and oxygen atoms in total. The van der Waals surface area contributed by atoms with Crippen molar-refractivity contribution in [3.05, 3.63) is 287 Å². The van der Waals surface area contributed by atoms with E-state index >= 15 is 0 Å². The van der Waals surface area contributed by atoms with Crippen molar-refractivity contribution in [1.29, 1.82) is 0 Å². The minimum absolute atomic E-state index is 0.0109. The highest BCUT2D eigenvalue weighted by Crippen LogP contribution is 2.60. The molecule has 0 amide bonds. The van der Waals surface area contributed by atoms with Crippen LogP contribution >= 0.6 is 0 Å². The van der Waals surface area contributed by atoms with E-state index < -0.39 is 0 Å². The van der Waals surface area contributed by atoms with Crippen LogP contribution in [0.2, 0.25) is 0 Å². The molecule has 0 bridgehead atoms. The SMILES string of the molecule is CC1(C)c2c3c(cc4ccccc24)OC[n+]2cc4ccccc4c1c2-3.CC1(C)c2cc3cc4ccccc4cc3[n+]3c2-c2c(cc4ccccc4c21)OC3.CC1(C)c2cc3ccccc3[n+]3c2-c2c(cc4ccccc4c21)OC3.CC1(C)c2ccc[n+]3c2-c2c(cc4ccccc4c21)OC3. The summed E-state index contributed by atoms with van der Waals surface area (Å²) in [5.41, 5.74) is 24.1. The molecule has 0 N–H and O–H groups in total. The lowest BCUT2D eigenvalue weighted by Crippen LogP contribution is -2.42. The van der Waals surface area contributed by atoms with E-state index in [1.807, 2.05) is 0 Å². The fourth-order valence-corrected chi connectivity index (χ4v) is 19.3. The van der Waals surface area contributed by atoms with Gasteiger partial charge < -0.3 is 18.9 Å². The fourth-order valence-electron chi connectivity index (χ4n) is 19.3. The molecule has 8 aliphatic rings. The van der Waals surface area contributed by atoms with Crippen LogP contribution < -0.4 is 37.2 Å². The van der Waals surface area contributed by atoms with Crippen molar-refractivity contribution in [2.45, 2.75) is 104 Å². The number of aromatic nitrogens is 4. The Kier molecular flexibility index (Phi) is 11.6. The third-order valence-electron chi connectivity index (χ3n) is 23.7. The summed E-state index contributed by atoms with van der Waals surface area (Å²) < 4.78 is 34.0. The molecule has 16 aromatic rings. The summed E-state index contributed by atoms with van der Waals surface area (Å²) in [4.78, 5) is 0. The van der Waals surface area contributed by atoms with Crippen LogP contribution in [0.5, 0.6) is 23.0 Å². The number of rotatable bonds is 0. The van der Waals surface area contributed by atoms with Crippen LogP contribution in [-0.4, -0.2) is 0 Å². The standard InChI is InChI=1S/C27H20NO.2C23H18NO.C19H16NO/c1-27(2)21-12-19-11-16-7-3-4-8-17(16)13-22(19)28-15-29-23-14-18-9-5-6-10-20(18)25(27)24(23)26(21)28;1-23(2)17-11-15-8-4-6-10-18(15)24-13-25-19-12-14-7-3-5-9-16(14)21(23)20(19)22(17)24;1-23(2)20-16-9-5-3-7-14(16)11-18-19(20)22-21(23)17-10-6-4-8-15(17)12-24(22)13-25-18;1-19(2)14-8-5-9-20-11-21-15-10-12-6-3-4-7-13(12)17(19)16(15)18(14)20/h3-14H,15H2,1-2H3;2*3-12H,13H2,1-2H3;3-10H,11H2,1-2H3/q4*+1. The van der Waals surface area contributed by atoms with Crippen molar-refractivity contribution in [2.24, 2.45) is 0 Å². The molecule has 0 saturated carbocycles. The summed E-state index contributed by atoms with van der Waals surface area (Å²) in [6.45, 7) is 21.1. The molecule has 100 heavy (non-hydrogen) atoms. The van der Waals surface area contributed by atoms with Crippen molar-refractivity contribution in [3.63, 3.8) is 0 Å². The van der Waals surface area contributed by atoms with Gasteiger partial charge in [-0.1, -0.05) is 207 Å². The van der Waals surface area contributed by atoms with Crippen LogP contribution in [0, 0.1) is 0 Å². The Hall–Kier alpha value is -11.5. The number of ether oxygens (including phenoxy) is 4. The lowest BCUT2D eigenvalue weighted by Gasteiger charge is -2.23. The van der Waals surface area contributed by atoms with Crippen molar-refractivity contribution in [3.8, 4) is 68.0 Å². The molecule has 4 aromatic heterocycles. The maximum absolute atomic E-state index is 6.35. The van der Waals surface area contributed by atoms with E-state index in [0.717, 1.165) is 23.0 Å². The Morgan fingerprint density at radius 1 is 0.260 bits per heavy atom. The summed E-state index contributed by atoms with van der Waals surface area (Å²) in [6, 6.07) is 83.3. The van der Waals surface area contributed by atoms with Crippen molar-refractivity contribution in [1.82, 2.24) is 0 Å². The van der Waals surface area contributed by atoms with E-state index in [2.05, 4.69) is 317 Å². The molecule has 0 fully saturated rings. The third-order valence-corrected chi connectivity index (χ3v) is 23.7. The zero-order valence-electron chi connectivity index (χ0n) is 57.3. The topological polar surface area (TPSA) is 52.4 Å². The van der Waals surface area contributed by atoms with Gasteiger partial charge in [0.05, 0.1) is 22.3 Å². The van der Waals surface area contributed by atoms with Gasteiger partial charge in [0, 0.05) is 78.3 Å². The average molecular weight is 1300 g/mol. The Bertz CT molecular complexity index is 6320. The van der Waals surface area contributed by atoms with Gasteiger partial charge in [0.15, 0.2) is 12.4 Å². The molecular formula is C92H72N4O4+4. The second-order valence-corrected chi connectivity index (χ2v) is 30.6. The molecule has 0 spiro atoms. The number of benzene rings is 12. The van der Waals surface area contributed by atoms with Gasteiger partial charge >= 0.3 is 0 Å². The van der Waals surface area contributed by atoms with Crippen LogP contribution in [-0.2, 0) is 48.6 Å². The summed E-state index contributed by atoms with van der Waals surface area (Å²) in [7, 11) is 0. The fraction of sp³-hybridized carbons (Fsp3) is 0.174.